The van der Waals surface area contributed by atoms with E-state index in [0.717, 1.165) is 22.7 Å². The Balaban J connectivity index is 2.47. The van der Waals surface area contributed by atoms with Gasteiger partial charge < -0.3 is 5.21 Å². The van der Waals surface area contributed by atoms with Crippen LogP contribution in [0.2, 0.25) is 5.02 Å². The second-order valence-electron chi connectivity index (χ2n) is 3.99. The number of halogens is 4. The lowest BCUT2D eigenvalue weighted by molar-refractivity contribution is -0.141. The van der Waals surface area contributed by atoms with E-state index in [-0.39, 0.29) is 10.6 Å². The molecule has 2 aromatic rings. The van der Waals surface area contributed by atoms with Crippen LogP contribution in [0.3, 0.4) is 0 Å². The van der Waals surface area contributed by atoms with Crippen LogP contribution in [0.5, 0.6) is 0 Å². The number of alkyl halides is 3. The second-order valence-corrected chi connectivity index (χ2v) is 5.49. The van der Waals surface area contributed by atoms with E-state index in [0.29, 0.717) is 9.92 Å². The predicted molar refractivity (Wildman–Crippen MR) is 73.2 cm³/mol. The molecular weight excluding hydrogens is 327 g/mol. The summed E-state index contributed by atoms with van der Waals surface area (Å²) in [5.41, 5.74) is -1.38. The molecule has 0 amide bonds. The molecule has 0 fully saturated rings. The van der Waals surface area contributed by atoms with Crippen LogP contribution < -0.4 is 0 Å². The number of hydrogen-bond donors (Lipinski definition) is 1. The summed E-state index contributed by atoms with van der Waals surface area (Å²) >= 11 is 6.83. The highest BCUT2D eigenvalue weighted by Gasteiger charge is 2.38. The normalized spacial score (nSPS) is 12.2. The molecule has 0 bridgehead atoms. The van der Waals surface area contributed by atoms with Crippen molar-refractivity contribution in [2.45, 2.75) is 16.1 Å². The van der Waals surface area contributed by atoms with Crippen molar-refractivity contribution in [3.8, 4) is 0 Å². The van der Waals surface area contributed by atoms with Gasteiger partial charge in [-0.1, -0.05) is 28.5 Å². The maximum Gasteiger partial charge on any atom is 0.435 e. The van der Waals surface area contributed by atoms with E-state index in [2.05, 4.69) is 10.3 Å². The highest BCUT2D eigenvalue weighted by atomic mass is 35.5. The van der Waals surface area contributed by atoms with E-state index < -0.39 is 11.9 Å². The fourth-order valence-electron chi connectivity index (χ4n) is 1.64. The van der Waals surface area contributed by atoms with Crippen LogP contribution in [0.1, 0.15) is 11.3 Å². The van der Waals surface area contributed by atoms with Gasteiger partial charge >= 0.3 is 6.18 Å². The molecule has 0 saturated heterocycles. The minimum atomic E-state index is -4.63. The molecule has 0 unspecified atom stereocenters. The molecule has 1 heterocycles. The number of oxime groups is 1. The lowest BCUT2D eigenvalue weighted by Crippen LogP contribution is -2.09. The van der Waals surface area contributed by atoms with E-state index in [9.17, 15) is 13.2 Å². The van der Waals surface area contributed by atoms with Gasteiger partial charge in [0.1, 0.15) is 5.03 Å². The molecule has 1 aromatic heterocycles. The molecule has 4 nitrogen and oxygen atoms in total. The van der Waals surface area contributed by atoms with Crippen LogP contribution in [0, 0.1) is 0 Å². The van der Waals surface area contributed by atoms with Crippen LogP contribution in [0.15, 0.2) is 39.3 Å². The molecule has 0 spiro atoms. The molecule has 0 aliphatic heterocycles. The summed E-state index contributed by atoms with van der Waals surface area (Å²) in [6.07, 6.45) is -3.90. The second kappa shape index (κ2) is 5.98. The summed E-state index contributed by atoms with van der Waals surface area (Å²) in [6.45, 7) is 0. The summed E-state index contributed by atoms with van der Waals surface area (Å²) in [5.74, 6) is 0. The van der Waals surface area contributed by atoms with Crippen molar-refractivity contribution < 1.29 is 18.4 Å². The van der Waals surface area contributed by atoms with Gasteiger partial charge in [-0.3, -0.25) is 4.68 Å². The standard InChI is InChI=1S/C12H9ClF3N3OS/c1-19-11(21-8-4-2-7(13)3-5-8)9(6-17-20)10(18-19)12(14,15)16/h2-6,20H,1H3/b17-6-. The number of nitrogens with zero attached hydrogens (tertiary/aromatic N) is 3. The Labute approximate surface area is 127 Å². The molecule has 2 rings (SSSR count). The average Bonchev–Trinajstić information content (AvgIpc) is 2.70. The Morgan fingerprint density at radius 2 is 1.95 bits per heavy atom. The summed E-state index contributed by atoms with van der Waals surface area (Å²) in [4.78, 5) is 0.684. The topological polar surface area (TPSA) is 50.4 Å². The third-order valence-corrected chi connectivity index (χ3v) is 3.95. The largest absolute Gasteiger partial charge is 0.435 e. The first-order valence-corrected chi connectivity index (χ1v) is 6.77. The van der Waals surface area contributed by atoms with E-state index in [4.69, 9.17) is 16.8 Å². The lowest BCUT2D eigenvalue weighted by atomic mass is 10.2. The SMILES string of the molecule is Cn1nc(C(F)(F)F)c(/C=N\O)c1Sc1ccc(Cl)cc1. The van der Waals surface area contributed by atoms with Crippen molar-refractivity contribution >= 4 is 29.6 Å². The number of aryl methyl sites for hydroxylation is 1. The third-order valence-electron chi connectivity index (χ3n) is 2.51. The van der Waals surface area contributed by atoms with Crippen molar-refractivity contribution in [3.63, 3.8) is 0 Å². The van der Waals surface area contributed by atoms with Gasteiger partial charge in [0.15, 0.2) is 5.69 Å². The summed E-state index contributed by atoms with van der Waals surface area (Å²) in [5, 5.41) is 15.5. The smallest absolute Gasteiger partial charge is 0.411 e. The highest BCUT2D eigenvalue weighted by molar-refractivity contribution is 7.99. The Kier molecular flexibility index (Phi) is 4.48. The van der Waals surface area contributed by atoms with E-state index in [1.807, 2.05) is 0 Å². The minimum Gasteiger partial charge on any atom is -0.411 e. The molecule has 0 saturated carbocycles. The van der Waals surface area contributed by atoms with Crippen LogP contribution in [-0.4, -0.2) is 21.2 Å². The molecule has 112 valence electrons. The van der Waals surface area contributed by atoms with Crippen molar-refractivity contribution in [3.05, 3.63) is 40.5 Å². The zero-order valence-electron chi connectivity index (χ0n) is 10.6. The van der Waals surface area contributed by atoms with Gasteiger partial charge in [0.05, 0.1) is 11.8 Å². The maximum absolute atomic E-state index is 12.9. The zero-order valence-corrected chi connectivity index (χ0v) is 12.2. The van der Waals surface area contributed by atoms with Crippen molar-refractivity contribution in [2.24, 2.45) is 12.2 Å². The fraction of sp³-hybridized carbons (Fsp3) is 0.167. The van der Waals surface area contributed by atoms with E-state index >= 15 is 0 Å². The number of rotatable bonds is 3. The Bertz CT molecular complexity index is 668. The van der Waals surface area contributed by atoms with Crippen LogP contribution in [0.4, 0.5) is 13.2 Å². The molecule has 0 aliphatic carbocycles. The number of benzene rings is 1. The average molecular weight is 336 g/mol. The first-order valence-electron chi connectivity index (χ1n) is 5.58. The van der Waals surface area contributed by atoms with Crippen LogP contribution >= 0.6 is 23.4 Å². The van der Waals surface area contributed by atoms with Crippen molar-refractivity contribution in [1.29, 1.82) is 0 Å². The molecule has 1 aromatic carbocycles. The van der Waals surface area contributed by atoms with Gasteiger partial charge in [0.25, 0.3) is 0 Å². The summed E-state index contributed by atoms with van der Waals surface area (Å²) < 4.78 is 39.8. The Morgan fingerprint density at radius 1 is 1.33 bits per heavy atom. The van der Waals surface area contributed by atoms with Crippen LogP contribution in [0.25, 0.3) is 0 Å². The molecule has 9 heteroatoms. The first kappa shape index (κ1) is 15.7. The quantitative estimate of drug-likeness (QED) is 0.523. The monoisotopic (exact) mass is 335 g/mol. The summed E-state index contributed by atoms with van der Waals surface area (Å²) in [6, 6.07) is 6.61. The van der Waals surface area contributed by atoms with Gasteiger partial charge in [0, 0.05) is 17.0 Å². The molecule has 21 heavy (non-hydrogen) atoms. The Hall–Kier alpha value is -1.67. The predicted octanol–water partition coefficient (Wildman–Crippen LogP) is 4.05. The van der Waals surface area contributed by atoms with Gasteiger partial charge in [-0.15, -0.1) is 0 Å². The van der Waals surface area contributed by atoms with Gasteiger partial charge in [0.2, 0.25) is 0 Å². The summed E-state index contributed by atoms with van der Waals surface area (Å²) in [7, 11) is 1.39. The Morgan fingerprint density at radius 3 is 2.48 bits per heavy atom. The van der Waals surface area contributed by atoms with Gasteiger partial charge in [-0.2, -0.15) is 18.3 Å². The third kappa shape index (κ3) is 3.51. The van der Waals surface area contributed by atoms with E-state index in [1.165, 1.54) is 7.05 Å². The lowest BCUT2D eigenvalue weighted by Gasteiger charge is -2.04. The molecule has 0 atom stereocenters. The minimum absolute atomic E-state index is 0.211. The number of hydrogen-bond acceptors (Lipinski definition) is 4. The maximum atomic E-state index is 12.9. The van der Waals surface area contributed by atoms with E-state index in [1.54, 1.807) is 24.3 Å². The van der Waals surface area contributed by atoms with Gasteiger partial charge in [-0.25, -0.2) is 0 Å². The first-order chi connectivity index (χ1) is 9.82. The van der Waals surface area contributed by atoms with Crippen molar-refractivity contribution in [1.82, 2.24) is 9.78 Å². The fourth-order valence-corrected chi connectivity index (χ4v) is 2.70. The molecular formula is C12H9ClF3N3OS. The highest BCUT2D eigenvalue weighted by Crippen LogP contribution is 2.37. The van der Waals surface area contributed by atoms with Crippen molar-refractivity contribution in [2.75, 3.05) is 0 Å². The van der Waals surface area contributed by atoms with Gasteiger partial charge in [-0.05, 0) is 24.3 Å². The van der Waals surface area contributed by atoms with Crippen LogP contribution in [-0.2, 0) is 13.2 Å². The number of aromatic nitrogens is 2. The molecule has 0 aliphatic rings. The molecule has 1 N–H and O–H groups in total. The molecule has 0 radical (unpaired) electrons. The zero-order chi connectivity index (χ0) is 15.6.